The molecule has 9 heteroatoms. The quantitative estimate of drug-likeness (QED) is 0.485. The van der Waals surface area contributed by atoms with Crippen LogP contribution in [0.3, 0.4) is 0 Å². The van der Waals surface area contributed by atoms with Gasteiger partial charge in [0, 0.05) is 5.56 Å². The molecule has 0 unspecified atom stereocenters. The van der Waals surface area contributed by atoms with Gasteiger partial charge in [0.1, 0.15) is 0 Å². The summed E-state index contributed by atoms with van der Waals surface area (Å²) < 4.78 is 12.2. The minimum absolute atomic E-state index is 0.0368. The summed E-state index contributed by atoms with van der Waals surface area (Å²) in [5.74, 6) is 0.00357. The van der Waals surface area contributed by atoms with Crippen molar-refractivity contribution >= 4 is 11.8 Å². The maximum Gasteiger partial charge on any atom is 0.309 e. The molecule has 4 aromatic rings. The van der Waals surface area contributed by atoms with Crippen molar-refractivity contribution in [2.45, 2.75) is 0 Å². The van der Waals surface area contributed by atoms with Crippen LogP contribution in [0.1, 0.15) is 21.0 Å². The second kappa shape index (κ2) is 8.23. The summed E-state index contributed by atoms with van der Waals surface area (Å²) in [7, 11) is 0. The maximum absolute atomic E-state index is 12.7. The first kappa shape index (κ1) is 19.3. The Labute approximate surface area is 182 Å². The number of benzene rings is 3. The molecule has 3 aromatic carbocycles. The zero-order chi connectivity index (χ0) is 21.9. The standard InChI is InChI=1S/C23H17N5O4/c29-22(17-12-7-13-18-19(17)32-14-31-18)25-26-23(30)20-24-21(15-8-3-1-4-9-15)28(27-20)16-10-5-2-6-11-16/h1-13H,14H2,(H,25,29)(H,26,30). The molecule has 0 aliphatic carbocycles. The highest BCUT2D eigenvalue weighted by Gasteiger charge is 2.23. The smallest absolute Gasteiger partial charge is 0.309 e. The predicted octanol–water partition coefficient (Wildman–Crippen LogP) is 2.74. The zero-order valence-electron chi connectivity index (χ0n) is 16.7. The molecule has 2 amide bonds. The van der Waals surface area contributed by atoms with E-state index in [9.17, 15) is 9.59 Å². The van der Waals surface area contributed by atoms with Gasteiger partial charge in [-0.1, -0.05) is 54.6 Å². The number of hydrazine groups is 1. The maximum atomic E-state index is 12.7. The van der Waals surface area contributed by atoms with Gasteiger partial charge < -0.3 is 9.47 Å². The number of hydrogen-bond donors (Lipinski definition) is 2. The van der Waals surface area contributed by atoms with Crippen molar-refractivity contribution in [2.24, 2.45) is 0 Å². The Kier molecular flexibility index (Phi) is 4.97. The average Bonchev–Trinajstić information content (AvgIpc) is 3.51. The normalized spacial score (nSPS) is 11.8. The Morgan fingerprint density at radius 3 is 2.31 bits per heavy atom. The van der Waals surface area contributed by atoms with Gasteiger partial charge in [0.2, 0.25) is 12.6 Å². The summed E-state index contributed by atoms with van der Waals surface area (Å²) in [5.41, 5.74) is 6.52. The number of nitrogens with zero attached hydrogens (tertiary/aromatic N) is 3. The monoisotopic (exact) mass is 427 g/mol. The molecule has 1 aliphatic heterocycles. The average molecular weight is 427 g/mol. The van der Waals surface area contributed by atoms with E-state index in [1.165, 1.54) is 0 Å². The lowest BCUT2D eigenvalue weighted by Gasteiger charge is -2.07. The summed E-state index contributed by atoms with van der Waals surface area (Å²) in [6.07, 6.45) is 0. The third-order valence-electron chi connectivity index (χ3n) is 4.77. The number of hydrogen-bond acceptors (Lipinski definition) is 6. The molecule has 0 spiro atoms. The van der Waals surface area contributed by atoms with E-state index in [1.54, 1.807) is 22.9 Å². The van der Waals surface area contributed by atoms with Crippen LogP contribution in [0.25, 0.3) is 17.1 Å². The second-order valence-electron chi connectivity index (χ2n) is 6.82. The molecule has 158 valence electrons. The van der Waals surface area contributed by atoms with Crippen molar-refractivity contribution in [3.8, 4) is 28.6 Å². The van der Waals surface area contributed by atoms with Crippen LogP contribution in [0.5, 0.6) is 11.5 Å². The molecule has 2 heterocycles. The zero-order valence-corrected chi connectivity index (χ0v) is 16.7. The highest BCUT2D eigenvalue weighted by Crippen LogP contribution is 2.35. The molecular weight excluding hydrogens is 410 g/mol. The predicted molar refractivity (Wildman–Crippen MR) is 114 cm³/mol. The van der Waals surface area contributed by atoms with Gasteiger partial charge in [-0.2, -0.15) is 0 Å². The van der Waals surface area contributed by atoms with Crippen LogP contribution < -0.4 is 20.3 Å². The minimum Gasteiger partial charge on any atom is -0.454 e. The van der Waals surface area contributed by atoms with Gasteiger partial charge in [-0.3, -0.25) is 20.4 Å². The number of nitrogens with one attached hydrogen (secondary N) is 2. The van der Waals surface area contributed by atoms with E-state index < -0.39 is 11.8 Å². The number of aromatic nitrogens is 3. The number of fused-ring (bicyclic) bond motifs is 1. The Morgan fingerprint density at radius 1 is 0.812 bits per heavy atom. The van der Waals surface area contributed by atoms with Crippen molar-refractivity contribution in [1.82, 2.24) is 25.6 Å². The van der Waals surface area contributed by atoms with Gasteiger partial charge in [0.05, 0.1) is 11.3 Å². The van der Waals surface area contributed by atoms with Gasteiger partial charge in [-0.05, 0) is 24.3 Å². The lowest BCUT2D eigenvalue weighted by atomic mass is 10.2. The molecule has 2 N–H and O–H groups in total. The van der Waals surface area contributed by atoms with E-state index in [4.69, 9.17) is 9.47 Å². The van der Waals surface area contributed by atoms with E-state index in [1.807, 2.05) is 60.7 Å². The van der Waals surface area contributed by atoms with Crippen LogP contribution >= 0.6 is 0 Å². The van der Waals surface area contributed by atoms with Crippen LogP contribution in [-0.4, -0.2) is 33.4 Å². The van der Waals surface area contributed by atoms with Crippen LogP contribution in [0.4, 0.5) is 0 Å². The molecule has 5 rings (SSSR count). The fourth-order valence-electron chi connectivity index (χ4n) is 3.28. The van der Waals surface area contributed by atoms with Gasteiger partial charge in [0.25, 0.3) is 5.91 Å². The number of carbonyl (C=O) groups excluding carboxylic acids is 2. The van der Waals surface area contributed by atoms with Gasteiger partial charge in [-0.15, -0.1) is 5.10 Å². The number of para-hydroxylation sites is 2. The van der Waals surface area contributed by atoms with E-state index in [0.717, 1.165) is 11.3 Å². The molecule has 0 atom stereocenters. The molecule has 0 radical (unpaired) electrons. The summed E-state index contributed by atoms with van der Waals surface area (Å²) in [4.78, 5) is 29.7. The first-order valence-electron chi connectivity index (χ1n) is 9.78. The number of carbonyl (C=O) groups is 2. The van der Waals surface area contributed by atoms with Gasteiger partial charge >= 0.3 is 5.91 Å². The molecule has 0 saturated heterocycles. The van der Waals surface area contributed by atoms with E-state index in [0.29, 0.717) is 17.3 Å². The molecular formula is C23H17N5O4. The first-order valence-corrected chi connectivity index (χ1v) is 9.78. The lowest BCUT2D eigenvalue weighted by Crippen LogP contribution is -2.42. The van der Waals surface area contributed by atoms with Gasteiger partial charge in [0.15, 0.2) is 17.3 Å². The minimum atomic E-state index is -0.657. The Morgan fingerprint density at radius 2 is 1.53 bits per heavy atom. The van der Waals surface area contributed by atoms with Gasteiger partial charge in [-0.25, -0.2) is 9.67 Å². The summed E-state index contributed by atoms with van der Waals surface area (Å²) >= 11 is 0. The van der Waals surface area contributed by atoms with Crippen molar-refractivity contribution in [3.05, 3.63) is 90.3 Å². The van der Waals surface area contributed by atoms with E-state index in [2.05, 4.69) is 20.9 Å². The van der Waals surface area contributed by atoms with E-state index >= 15 is 0 Å². The lowest BCUT2D eigenvalue weighted by molar-refractivity contribution is 0.0838. The number of amides is 2. The molecule has 0 saturated carbocycles. The van der Waals surface area contributed by atoms with E-state index in [-0.39, 0.29) is 18.2 Å². The Balaban J connectivity index is 1.39. The Hall–Kier alpha value is -4.66. The summed E-state index contributed by atoms with van der Waals surface area (Å²) in [5, 5.41) is 4.36. The molecule has 1 aromatic heterocycles. The molecule has 9 nitrogen and oxygen atoms in total. The van der Waals surface area contributed by atoms with Crippen LogP contribution in [0.15, 0.2) is 78.9 Å². The molecule has 32 heavy (non-hydrogen) atoms. The van der Waals surface area contributed by atoms with Crippen molar-refractivity contribution in [1.29, 1.82) is 0 Å². The third kappa shape index (κ3) is 3.63. The number of rotatable bonds is 4. The first-order chi connectivity index (χ1) is 15.7. The highest BCUT2D eigenvalue weighted by molar-refractivity contribution is 6.00. The fourth-order valence-corrected chi connectivity index (χ4v) is 3.28. The van der Waals surface area contributed by atoms with Crippen LogP contribution in [0.2, 0.25) is 0 Å². The van der Waals surface area contributed by atoms with Crippen molar-refractivity contribution in [3.63, 3.8) is 0 Å². The number of ether oxygens (including phenoxy) is 2. The highest BCUT2D eigenvalue weighted by atomic mass is 16.7. The molecule has 0 bridgehead atoms. The topological polar surface area (TPSA) is 107 Å². The van der Waals surface area contributed by atoms with Crippen molar-refractivity contribution < 1.29 is 19.1 Å². The van der Waals surface area contributed by atoms with Crippen LogP contribution in [0, 0.1) is 0 Å². The fraction of sp³-hybridized carbons (Fsp3) is 0.0435. The molecule has 0 fully saturated rings. The second-order valence-corrected chi connectivity index (χ2v) is 6.82. The van der Waals surface area contributed by atoms with Crippen molar-refractivity contribution in [2.75, 3.05) is 6.79 Å². The summed E-state index contributed by atoms with van der Waals surface area (Å²) in [6, 6.07) is 23.7. The Bertz CT molecular complexity index is 1230. The van der Waals surface area contributed by atoms with Crippen LogP contribution in [-0.2, 0) is 0 Å². The molecule has 1 aliphatic rings. The third-order valence-corrected chi connectivity index (χ3v) is 4.77. The summed E-state index contributed by atoms with van der Waals surface area (Å²) in [6.45, 7) is 0.0368. The largest absolute Gasteiger partial charge is 0.454 e. The SMILES string of the molecule is O=C(NNC(=O)c1cccc2c1OCO2)c1nc(-c2ccccc2)n(-c2ccccc2)n1.